The molecule has 30 heavy (non-hydrogen) atoms. The number of ketones is 1. The lowest BCUT2D eigenvalue weighted by Gasteiger charge is -2.06. The largest absolute Gasteiger partial charge is 0.456 e. The number of hydrogen-bond acceptors (Lipinski definition) is 5. The summed E-state index contributed by atoms with van der Waals surface area (Å²) in [5, 5.41) is 2.88. The zero-order valence-corrected chi connectivity index (χ0v) is 17.2. The van der Waals surface area contributed by atoms with Crippen LogP contribution in [-0.2, 0) is 19.6 Å². The van der Waals surface area contributed by atoms with Gasteiger partial charge in [0, 0.05) is 11.0 Å². The number of benzene rings is 3. The minimum absolute atomic E-state index is 0.365. The average molecular weight is 423 g/mol. The van der Waals surface area contributed by atoms with E-state index in [9.17, 15) is 18.0 Å². The molecule has 0 spiro atoms. The molecule has 0 aliphatic carbocycles. The van der Waals surface area contributed by atoms with Crippen molar-refractivity contribution in [3.05, 3.63) is 88.8 Å². The van der Waals surface area contributed by atoms with Crippen molar-refractivity contribution in [3.63, 3.8) is 0 Å². The molecule has 7 heteroatoms. The molecule has 0 aromatic heterocycles. The van der Waals surface area contributed by atoms with Crippen molar-refractivity contribution in [3.8, 4) is 0 Å². The highest BCUT2D eigenvalue weighted by atomic mass is 32.2. The third-order valence-corrected chi connectivity index (χ3v) is 5.41. The number of ether oxygens (including phenoxy) is 1. The summed E-state index contributed by atoms with van der Waals surface area (Å²) in [6.45, 7) is 0.909. The minimum Gasteiger partial charge on any atom is -0.456 e. The summed E-state index contributed by atoms with van der Waals surface area (Å²) in [5.74, 6) is -1.20. The number of Topliss-reactive ketones (excluding diaryl/α,β-unsaturated/α-hetero) is 1. The molecule has 0 aliphatic rings. The van der Waals surface area contributed by atoms with Crippen molar-refractivity contribution in [2.24, 2.45) is 0 Å². The molecule has 0 atom stereocenters. The predicted molar refractivity (Wildman–Crippen MR) is 116 cm³/mol. The predicted octanol–water partition coefficient (Wildman–Crippen LogP) is 3.46. The number of aryl methyl sites for hydroxylation is 1. The molecular formula is C23H21NO5S. The molecule has 1 N–H and O–H groups in total. The minimum atomic E-state index is -3.82. The van der Waals surface area contributed by atoms with E-state index in [0.29, 0.717) is 5.56 Å². The lowest BCUT2D eigenvalue weighted by molar-refractivity contribution is -0.141. The average Bonchev–Trinajstić information content (AvgIpc) is 2.75. The molecule has 3 aromatic rings. The highest BCUT2D eigenvalue weighted by molar-refractivity contribution is 7.92. The highest BCUT2D eigenvalue weighted by Gasteiger charge is 2.13. The number of carbonyl (C=O) groups is 2. The maximum absolute atomic E-state index is 12.3. The number of hydrogen-bond donors (Lipinski definition) is 1. The van der Waals surface area contributed by atoms with Crippen molar-refractivity contribution >= 4 is 38.6 Å². The van der Waals surface area contributed by atoms with Gasteiger partial charge in [0.2, 0.25) is 10.0 Å². The number of fused-ring (bicyclic) bond motifs is 1. The Balaban J connectivity index is 1.49. The summed E-state index contributed by atoms with van der Waals surface area (Å²) >= 11 is 0. The molecule has 0 saturated heterocycles. The summed E-state index contributed by atoms with van der Waals surface area (Å²) < 4.78 is 31.0. The Bertz CT molecular complexity index is 1200. The number of sulfonamides is 1. The topological polar surface area (TPSA) is 89.5 Å². The molecule has 0 fully saturated rings. The van der Waals surface area contributed by atoms with Crippen LogP contribution in [0.1, 0.15) is 21.5 Å². The number of carbonyl (C=O) groups excluding carboxylic acids is 2. The van der Waals surface area contributed by atoms with Crippen LogP contribution in [0.2, 0.25) is 0 Å². The lowest BCUT2D eigenvalue weighted by atomic mass is 10.0. The molecule has 6 nitrogen and oxygen atoms in total. The van der Waals surface area contributed by atoms with Crippen molar-refractivity contribution < 1.29 is 22.7 Å². The molecule has 0 amide bonds. The zero-order chi connectivity index (χ0) is 21.6. The number of nitrogens with one attached hydrogen (secondary N) is 1. The molecule has 3 rings (SSSR count). The normalized spacial score (nSPS) is 11.6. The first-order chi connectivity index (χ1) is 14.3. The first-order valence-electron chi connectivity index (χ1n) is 9.24. The fourth-order valence-corrected chi connectivity index (χ4v) is 3.45. The second-order valence-electron chi connectivity index (χ2n) is 6.73. The van der Waals surface area contributed by atoms with Crippen molar-refractivity contribution in [2.45, 2.75) is 6.92 Å². The van der Waals surface area contributed by atoms with Crippen LogP contribution in [0.5, 0.6) is 0 Å². The maximum Gasteiger partial charge on any atom is 0.321 e. The quantitative estimate of drug-likeness (QED) is 0.443. The van der Waals surface area contributed by atoms with Gasteiger partial charge in [-0.25, -0.2) is 13.1 Å². The van der Waals surface area contributed by atoms with Gasteiger partial charge in [-0.05, 0) is 35.4 Å². The summed E-state index contributed by atoms with van der Waals surface area (Å²) in [6, 6.07) is 20.1. The van der Waals surface area contributed by atoms with Crippen LogP contribution >= 0.6 is 0 Å². The second-order valence-corrected chi connectivity index (χ2v) is 8.38. The van der Waals surface area contributed by atoms with Crippen molar-refractivity contribution in [2.75, 3.05) is 13.2 Å². The Labute approximate surface area is 175 Å². The van der Waals surface area contributed by atoms with Crippen LogP contribution in [0, 0.1) is 6.92 Å². The van der Waals surface area contributed by atoms with E-state index in [-0.39, 0.29) is 5.78 Å². The third kappa shape index (κ3) is 6.10. The Hall–Kier alpha value is -3.29. The monoisotopic (exact) mass is 423 g/mol. The van der Waals surface area contributed by atoms with Gasteiger partial charge in [0.1, 0.15) is 6.54 Å². The van der Waals surface area contributed by atoms with Crippen LogP contribution in [0.4, 0.5) is 0 Å². The van der Waals surface area contributed by atoms with E-state index in [0.717, 1.165) is 27.3 Å². The first-order valence-corrected chi connectivity index (χ1v) is 10.8. The molecule has 0 aliphatic heterocycles. The molecule has 0 radical (unpaired) electrons. The fourth-order valence-electron chi connectivity index (χ4n) is 2.70. The zero-order valence-electron chi connectivity index (χ0n) is 16.4. The molecule has 154 valence electrons. The Morgan fingerprint density at radius 1 is 0.967 bits per heavy atom. The Morgan fingerprint density at radius 3 is 2.40 bits per heavy atom. The fraction of sp³-hybridized carbons (Fsp3) is 0.130. The van der Waals surface area contributed by atoms with Gasteiger partial charge in [-0.3, -0.25) is 9.59 Å². The number of rotatable bonds is 8. The van der Waals surface area contributed by atoms with E-state index < -0.39 is 29.1 Å². The van der Waals surface area contributed by atoms with Gasteiger partial charge in [-0.1, -0.05) is 66.2 Å². The van der Waals surface area contributed by atoms with E-state index in [1.54, 1.807) is 24.3 Å². The van der Waals surface area contributed by atoms with Gasteiger partial charge in [0.25, 0.3) is 0 Å². The molecule has 0 bridgehead atoms. The van der Waals surface area contributed by atoms with Crippen LogP contribution < -0.4 is 4.72 Å². The third-order valence-electron chi connectivity index (χ3n) is 4.37. The first kappa shape index (κ1) is 21.4. The molecule has 3 aromatic carbocycles. The van der Waals surface area contributed by atoms with Gasteiger partial charge in [0.05, 0.1) is 0 Å². The SMILES string of the molecule is Cc1ccc(/C=C/S(=O)(=O)NCC(=O)OCC(=O)c2ccc3ccccc3c2)cc1. The van der Waals surface area contributed by atoms with E-state index in [2.05, 4.69) is 4.72 Å². The van der Waals surface area contributed by atoms with Gasteiger partial charge in [0.15, 0.2) is 12.4 Å². The summed E-state index contributed by atoms with van der Waals surface area (Å²) in [4.78, 5) is 24.1. The van der Waals surface area contributed by atoms with Gasteiger partial charge < -0.3 is 4.74 Å². The molecular weight excluding hydrogens is 402 g/mol. The molecule has 0 unspecified atom stereocenters. The maximum atomic E-state index is 12.3. The van der Waals surface area contributed by atoms with Gasteiger partial charge in [-0.2, -0.15) is 0 Å². The summed E-state index contributed by atoms with van der Waals surface area (Å²) in [6.07, 6.45) is 1.43. The highest BCUT2D eigenvalue weighted by Crippen LogP contribution is 2.16. The second kappa shape index (κ2) is 9.47. The lowest BCUT2D eigenvalue weighted by Crippen LogP contribution is -2.30. The van der Waals surface area contributed by atoms with E-state index >= 15 is 0 Å². The van der Waals surface area contributed by atoms with Crippen LogP contribution in [0.25, 0.3) is 16.8 Å². The standard InChI is InChI=1S/C23H21NO5S/c1-17-6-8-18(9-7-17)12-13-30(27,28)24-15-23(26)29-16-22(25)21-11-10-19-4-2-3-5-20(19)14-21/h2-14,24H,15-16H2,1H3/b13-12+. The Morgan fingerprint density at radius 2 is 1.67 bits per heavy atom. The van der Waals surface area contributed by atoms with Crippen LogP contribution in [0.15, 0.2) is 72.1 Å². The number of esters is 1. The molecule has 0 heterocycles. The van der Waals surface area contributed by atoms with E-state index in [4.69, 9.17) is 4.74 Å². The molecule has 0 saturated carbocycles. The van der Waals surface area contributed by atoms with Crippen LogP contribution in [0.3, 0.4) is 0 Å². The van der Waals surface area contributed by atoms with Gasteiger partial charge >= 0.3 is 5.97 Å². The smallest absolute Gasteiger partial charge is 0.321 e. The summed E-state index contributed by atoms with van der Waals surface area (Å²) in [7, 11) is -3.82. The van der Waals surface area contributed by atoms with E-state index in [1.807, 2.05) is 49.4 Å². The van der Waals surface area contributed by atoms with Crippen molar-refractivity contribution in [1.29, 1.82) is 0 Å². The van der Waals surface area contributed by atoms with Crippen molar-refractivity contribution in [1.82, 2.24) is 4.72 Å². The van der Waals surface area contributed by atoms with Gasteiger partial charge in [-0.15, -0.1) is 0 Å². The Kier molecular flexibility index (Phi) is 6.76. The van der Waals surface area contributed by atoms with E-state index in [1.165, 1.54) is 6.08 Å². The summed E-state index contributed by atoms with van der Waals surface area (Å²) in [5.41, 5.74) is 2.20. The van der Waals surface area contributed by atoms with Crippen LogP contribution in [-0.4, -0.2) is 33.3 Å².